The number of amides is 3. The first-order valence-corrected chi connectivity index (χ1v) is 15.7. The molecule has 0 unspecified atom stereocenters. The van der Waals surface area contributed by atoms with Gasteiger partial charge in [-0.1, -0.05) is 36.8 Å². The van der Waals surface area contributed by atoms with E-state index >= 15 is 0 Å². The Hall–Kier alpha value is -3.56. The van der Waals surface area contributed by atoms with Crippen molar-refractivity contribution < 1.29 is 14.0 Å². The maximum Gasteiger partial charge on any atom is 0.314 e. The van der Waals surface area contributed by atoms with Gasteiger partial charge in [-0.25, -0.2) is 9.18 Å². The van der Waals surface area contributed by atoms with E-state index in [4.69, 9.17) is 5.73 Å². The largest absolute Gasteiger partial charge is 0.368 e. The van der Waals surface area contributed by atoms with Crippen LogP contribution in [0, 0.1) is 5.82 Å². The summed E-state index contributed by atoms with van der Waals surface area (Å²) in [5, 5.41) is 6.65. The van der Waals surface area contributed by atoms with Crippen LogP contribution >= 0.6 is 11.8 Å². The van der Waals surface area contributed by atoms with Gasteiger partial charge in [0.05, 0.1) is 0 Å². The third kappa shape index (κ3) is 14.4. The third-order valence-electron chi connectivity index (χ3n) is 6.74. The van der Waals surface area contributed by atoms with Crippen LogP contribution < -0.4 is 16.4 Å². The fourth-order valence-electron chi connectivity index (χ4n) is 4.55. The second-order valence-corrected chi connectivity index (χ2v) is 12.1. The molecule has 234 valence electrons. The first kappa shape index (κ1) is 35.6. The molecule has 43 heavy (non-hydrogen) atoms. The number of urea groups is 1. The number of carbonyl (C=O) groups is 2. The SMILES string of the molecule is C/C=C/N/C=C(CCC(=O)Nc1cccc(CN(C)C)c1)\C(C)=C\CC.NC(=O)N1CCC(Sc2ccc(F)cc2)CC1. The van der Waals surface area contributed by atoms with Crippen molar-refractivity contribution >= 4 is 29.4 Å². The van der Waals surface area contributed by atoms with Gasteiger partial charge in [0.2, 0.25) is 5.91 Å². The Balaban J connectivity index is 0.000000326. The number of nitrogens with zero attached hydrogens (tertiary/aromatic N) is 2. The summed E-state index contributed by atoms with van der Waals surface area (Å²) in [6, 6.07) is 14.2. The molecule has 4 N–H and O–H groups in total. The van der Waals surface area contributed by atoms with E-state index in [0.717, 1.165) is 42.0 Å². The molecule has 0 radical (unpaired) electrons. The molecule has 3 amide bonds. The number of halogens is 1. The van der Waals surface area contributed by atoms with Gasteiger partial charge in [0, 0.05) is 48.1 Å². The molecule has 1 saturated heterocycles. The molecule has 0 atom stereocenters. The fourth-order valence-corrected chi connectivity index (χ4v) is 5.67. The van der Waals surface area contributed by atoms with Crippen molar-refractivity contribution in [1.82, 2.24) is 15.1 Å². The van der Waals surface area contributed by atoms with Crippen molar-refractivity contribution in [3.05, 3.63) is 95.6 Å². The Bertz CT molecular complexity index is 1240. The standard InChI is InChI=1S/C22H33N3O.C12H15FN2OS/c1-6-9-18(3)20(16-23-14-7-2)12-13-22(26)24-21-11-8-10-19(15-21)17-25(4)5;13-9-1-3-10(4-2-9)17-11-5-7-15(8-6-11)12(14)16/h7-11,14-16,23H,6,12-13,17H2,1-5H3,(H,24,26);1-4,11H,5-8H2,(H2,14,16)/b14-7+,18-9+,20-16-;. The number of primary amides is 1. The summed E-state index contributed by atoms with van der Waals surface area (Å²) < 4.78 is 12.7. The lowest BCUT2D eigenvalue weighted by molar-refractivity contribution is -0.116. The number of nitrogens with two attached hydrogens (primary N) is 1. The predicted octanol–water partition coefficient (Wildman–Crippen LogP) is 7.29. The first-order chi connectivity index (χ1) is 20.6. The van der Waals surface area contributed by atoms with Crippen LogP contribution in [0.5, 0.6) is 0 Å². The van der Waals surface area contributed by atoms with E-state index < -0.39 is 0 Å². The van der Waals surface area contributed by atoms with Gasteiger partial charge >= 0.3 is 6.03 Å². The predicted molar refractivity (Wildman–Crippen MR) is 178 cm³/mol. The number of rotatable bonds is 12. The van der Waals surface area contributed by atoms with E-state index in [9.17, 15) is 14.0 Å². The number of benzene rings is 2. The van der Waals surface area contributed by atoms with E-state index in [-0.39, 0.29) is 17.8 Å². The second-order valence-electron chi connectivity index (χ2n) is 10.7. The number of carbonyl (C=O) groups excluding carboxylic acids is 2. The molecule has 3 rings (SSSR count). The minimum absolute atomic E-state index is 0.0354. The summed E-state index contributed by atoms with van der Waals surface area (Å²) in [4.78, 5) is 28.2. The lowest BCUT2D eigenvalue weighted by Gasteiger charge is -2.30. The molecule has 1 aliphatic heterocycles. The average molecular weight is 610 g/mol. The van der Waals surface area contributed by atoms with Gasteiger partial charge in [0.25, 0.3) is 0 Å². The number of allylic oxidation sites excluding steroid dienone is 4. The van der Waals surface area contributed by atoms with Crippen LogP contribution in [-0.2, 0) is 11.3 Å². The molecule has 2 aromatic carbocycles. The Morgan fingerprint density at radius 3 is 2.42 bits per heavy atom. The zero-order valence-corrected chi connectivity index (χ0v) is 27.1. The number of likely N-dealkylation sites (tertiary alicyclic amines) is 1. The van der Waals surface area contributed by atoms with Gasteiger partial charge in [0.1, 0.15) is 5.82 Å². The normalized spacial score (nSPS) is 14.4. The van der Waals surface area contributed by atoms with Crippen molar-refractivity contribution in [3.8, 4) is 0 Å². The number of piperidine rings is 1. The molecule has 7 nitrogen and oxygen atoms in total. The Morgan fingerprint density at radius 2 is 1.81 bits per heavy atom. The average Bonchev–Trinajstić information content (AvgIpc) is 2.96. The zero-order valence-electron chi connectivity index (χ0n) is 26.2. The van der Waals surface area contributed by atoms with Crippen molar-refractivity contribution in [3.63, 3.8) is 0 Å². The molecule has 9 heteroatoms. The van der Waals surface area contributed by atoms with Crippen LogP contribution in [0.4, 0.5) is 14.9 Å². The lowest BCUT2D eigenvalue weighted by Crippen LogP contribution is -2.42. The minimum Gasteiger partial charge on any atom is -0.368 e. The van der Waals surface area contributed by atoms with Crippen molar-refractivity contribution in [2.75, 3.05) is 32.5 Å². The smallest absolute Gasteiger partial charge is 0.314 e. The maximum absolute atomic E-state index is 12.7. The van der Waals surface area contributed by atoms with Crippen molar-refractivity contribution in [2.24, 2.45) is 5.73 Å². The van der Waals surface area contributed by atoms with Gasteiger partial charge in [-0.2, -0.15) is 0 Å². The topological polar surface area (TPSA) is 90.7 Å². The molecule has 1 aliphatic rings. The molecule has 0 saturated carbocycles. The molecule has 0 aromatic heterocycles. The van der Waals surface area contributed by atoms with Crippen molar-refractivity contribution in [2.45, 2.75) is 69.6 Å². The summed E-state index contributed by atoms with van der Waals surface area (Å²) in [7, 11) is 4.07. The minimum atomic E-state index is -0.338. The number of nitrogens with one attached hydrogen (secondary N) is 2. The second kappa shape index (κ2) is 19.6. The van der Waals surface area contributed by atoms with E-state index in [1.54, 1.807) is 28.8 Å². The van der Waals surface area contributed by atoms with Crippen LogP contribution in [-0.4, -0.2) is 54.2 Å². The molecular weight excluding hydrogens is 561 g/mol. The maximum atomic E-state index is 12.7. The van der Waals surface area contributed by atoms with E-state index in [0.29, 0.717) is 31.2 Å². The first-order valence-electron chi connectivity index (χ1n) is 14.8. The summed E-state index contributed by atoms with van der Waals surface area (Å²) >= 11 is 1.74. The Kier molecular flexibility index (Phi) is 16.2. The Labute approximate surface area is 261 Å². The quantitative estimate of drug-likeness (QED) is 0.220. The molecule has 0 aliphatic carbocycles. The van der Waals surface area contributed by atoms with Crippen LogP contribution in [0.15, 0.2) is 89.1 Å². The molecular formula is C34H48FN5O2S. The van der Waals surface area contributed by atoms with E-state index in [2.05, 4.69) is 41.5 Å². The Morgan fingerprint density at radius 1 is 1.12 bits per heavy atom. The van der Waals surface area contributed by atoms with Gasteiger partial charge < -0.3 is 26.2 Å². The van der Waals surface area contributed by atoms with Crippen LogP contribution in [0.1, 0.15) is 58.4 Å². The van der Waals surface area contributed by atoms with E-state index in [1.807, 2.05) is 57.7 Å². The third-order valence-corrected chi connectivity index (χ3v) is 8.09. The number of hydrogen-bond donors (Lipinski definition) is 3. The summed E-state index contributed by atoms with van der Waals surface area (Å²) in [5.41, 5.74) is 9.63. The highest BCUT2D eigenvalue weighted by molar-refractivity contribution is 8.00. The fraction of sp³-hybridized carbons (Fsp3) is 0.412. The van der Waals surface area contributed by atoms with Crippen LogP contribution in [0.3, 0.4) is 0 Å². The summed E-state index contributed by atoms with van der Waals surface area (Å²) in [5.74, 6) is -0.175. The lowest BCUT2D eigenvalue weighted by atomic mass is 10.0. The molecule has 0 bridgehead atoms. The van der Waals surface area contributed by atoms with Gasteiger partial charge in [-0.15, -0.1) is 11.8 Å². The zero-order chi connectivity index (χ0) is 31.6. The molecule has 2 aromatic rings. The van der Waals surface area contributed by atoms with Gasteiger partial charge in [-0.3, -0.25) is 4.79 Å². The van der Waals surface area contributed by atoms with Gasteiger partial charge in [-0.05, 0) is 107 Å². The molecule has 1 fully saturated rings. The number of thioether (sulfide) groups is 1. The number of anilines is 1. The highest BCUT2D eigenvalue weighted by Crippen LogP contribution is 2.30. The summed E-state index contributed by atoms with van der Waals surface area (Å²) in [6.45, 7) is 8.47. The number of hydrogen-bond acceptors (Lipinski definition) is 5. The van der Waals surface area contributed by atoms with Gasteiger partial charge in [0.15, 0.2) is 0 Å². The van der Waals surface area contributed by atoms with Crippen molar-refractivity contribution in [1.29, 1.82) is 0 Å². The monoisotopic (exact) mass is 609 g/mol. The highest BCUT2D eigenvalue weighted by atomic mass is 32.2. The molecule has 1 heterocycles. The molecule has 0 spiro atoms. The van der Waals surface area contributed by atoms with Crippen LogP contribution in [0.25, 0.3) is 0 Å². The summed E-state index contributed by atoms with van der Waals surface area (Å²) in [6.07, 6.45) is 12.0. The van der Waals surface area contributed by atoms with Crippen LogP contribution in [0.2, 0.25) is 0 Å². The highest BCUT2D eigenvalue weighted by Gasteiger charge is 2.21. The van der Waals surface area contributed by atoms with E-state index in [1.165, 1.54) is 23.3 Å².